The molecule has 0 aromatic heterocycles. The number of carbonyl (C=O) groups is 1. The van der Waals surface area contributed by atoms with Crippen molar-refractivity contribution in [1.29, 1.82) is 0 Å². The van der Waals surface area contributed by atoms with Gasteiger partial charge in [-0.2, -0.15) is 0 Å². The number of carbonyl (C=O) groups excluding carboxylic acids is 1. The number of amides is 1. The molecule has 1 saturated heterocycles. The van der Waals surface area contributed by atoms with E-state index in [1.54, 1.807) is 0 Å². The van der Waals surface area contributed by atoms with Gasteiger partial charge in [-0.3, -0.25) is 4.79 Å². The number of likely N-dealkylation sites (tertiary alicyclic amines) is 1. The van der Waals surface area contributed by atoms with E-state index in [9.17, 15) is 4.79 Å². The summed E-state index contributed by atoms with van der Waals surface area (Å²) in [7, 11) is 0. The topological polar surface area (TPSA) is 20.3 Å². The Hall–Kier alpha value is -2.35. The van der Waals surface area contributed by atoms with Crippen molar-refractivity contribution in [2.75, 3.05) is 0 Å². The molecule has 1 amide bonds. The molecule has 2 aromatic rings. The number of fused-ring (bicyclic) bond motifs is 1. The van der Waals surface area contributed by atoms with Crippen LogP contribution in [0.5, 0.6) is 0 Å². The highest BCUT2D eigenvalue weighted by molar-refractivity contribution is 5.82. The number of rotatable bonds is 4. The van der Waals surface area contributed by atoms with E-state index < -0.39 is 0 Å². The SMILES string of the molecule is C=C[C@@H]1CC[C@@]2(c3ccccc3)CC(=O)N(Cc3ccccc3)[C@H]12. The first-order chi connectivity index (χ1) is 11.7. The zero-order valence-corrected chi connectivity index (χ0v) is 13.9. The highest BCUT2D eigenvalue weighted by Crippen LogP contribution is 2.54. The molecule has 2 nitrogen and oxygen atoms in total. The van der Waals surface area contributed by atoms with E-state index >= 15 is 0 Å². The van der Waals surface area contributed by atoms with Gasteiger partial charge in [0.15, 0.2) is 0 Å². The maximum atomic E-state index is 12.9. The second kappa shape index (κ2) is 5.94. The first-order valence-corrected chi connectivity index (χ1v) is 8.76. The van der Waals surface area contributed by atoms with Crippen molar-refractivity contribution in [1.82, 2.24) is 4.90 Å². The molecule has 2 aliphatic rings. The summed E-state index contributed by atoms with van der Waals surface area (Å²) in [6.45, 7) is 4.75. The molecular weight excluding hydrogens is 294 g/mol. The van der Waals surface area contributed by atoms with Gasteiger partial charge in [-0.05, 0) is 29.9 Å². The standard InChI is InChI=1S/C22H23NO/c1-2-18-13-14-22(19-11-7-4-8-12-19)15-20(24)23(21(18)22)16-17-9-5-3-6-10-17/h2-12,18,21H,1,13-16H2/t18-,21-,22+/m1/s1. The third kappa shape index (κ3) is 2.29. The lowest BCUT2D eigenvalue weighted by Crippen LogP contribution is -2.42. The van der Waals surface area contributed by atoms with Gasteiger partial charge in [-0.1, -0.05) is 66.7 Å². The Morgan fingerprint density at radius 2 is 1.75 bits per heavy atom. The van der Waals surface area contributed by atoms with Crippen LogP contribution in [0.25, 0.3) is 0 Å². The van der Waals surface area contributed by atoms with Crippen LogP contribution >= 0.6 is 0 Å². The third-order valence-electron chi connectivity index (χ3n) is 5.87. The van der Waals surface area contributed by atoms with Crippen molar-refractivity contribution in [3.63, 3.8) is 0 Å². The van der Waals surface area contributed by atoms with Crippen LogP contribution in [0.1, 0.15) is 30.4 Å². The van der Waals surface area contributed by atoms with Gasteiger partial charge < -0.3 is 4.90 Å². The zero-order valence-electron chi connectivity index (χ0n) is 13.9. The molecule has 1 heterocycles. The Labute approximate surface area is 143 Å². The van der Waals surface area contributed by atoms with Crippen molar-refractivity contribution in [3.05, 3.63) is 84.4 Å². The molecule has 0 spiro atoms. The van der Waals surface area contributed by atoms with Gasteiger partial charge in [0, 0.05) is 24.4 Å². The molecule has 24 heavy (non-hydrogen) atoms. The van der Waals surface area contributed by atoms with Crippen molar-refractivity contribution in [3.8, 4) is 0 Å². The average molecular weight is 317 g/mol. The Kier molecular flexibility index (Phi) is 3.76. The molecule has 1 aliphatic carbocycles. The van der Waals surface area contributed by atoms with Crippen LogP contribution in [0.4, 0.5) is 0 Å². The van der Waals surface area contributed by atoms with E-state index in [-0.39, 0.29) is 17.4 Å². The molecule has 0 radical (unpaired) electrons. The minimum Gasteiger partial charge on any atom is -0.334 e. The fraction of sp³-hybridized carbons (Fsp3) is 0.318. The van der Waals surface area contributed by atoms with Gasteiger partial charge in [0.25, 0.3) is 0 Å². The van der Waals surface area contributed by atoms with Crippen LogP contribution in [-0.4, -0.2) is 16.8 Å². The normalized spacial score (nSPS) is 28.8. The van der Waals surface area contributed by atoms with Crippen LogP contribution in [0.2, 0.25) is 0 Å². The molecular formula is C22H23NO. The Balaban J connectivity index is 1.74. The summed E-state index contributed by atoms with van der Waals surface area (Å²) < 4.78 is 0. The van der Waals surface area contributed by atoms with Crippen molar-refractivity contribution >= 4 is 5.91 Å². The second-order valence-corrected chi connectivity index (χ2v) is 7.09. The Morgan fingerprint density at radius 3 is 2.42 bits per heavy atom. The molecule has 122 valence electrons. The highest BCUT2D eigenvalue weighted by Gasteiger charge is 2.58. The largest absolute Gasteiger partial charge is 0.334 e. The van der Waals surface area contributed by atoms with E-state index in [0.717, 1.165) is 12.8 Å². The van der Waals surface area contributed by atoms with Gasteiger partial charge in [0.2, 0.25) is 5.91 Å². The average Bonchev–Trinajstić information content (AvgIpc) is 3.12. The van der Waals surface area contributed by atoms with Crippen LogP contribution in [0, 0.1) is 5.92 Å². The number of hydrogen-bond donors (Lipinski definition) is 0. The lowest BCUT2D eigenvalue weighted by molar-refractivity contribution is -0.130. The van der Waals surface area contributed by atoms with E-state index in [4.69, 9.17) is 0 Å². The molecule has 0 N–H and O–H groups in total. The zero-order chi connectivity index (χ0) is 16.6. The minimum atomic E-state index is -0.0496. The number of nitrogens with zero attached hydrogens (tertiary/aromatic N) is 1. The fourth-order valence-corrected chi connectivity index (χ4v) is 4.79. The predicted molar refractivity (Wildman–Crippen MR) is 96.4 cm³/mol. The van der Waals surface area contributed by atoms with Gasteiger partial charge in [-0.25, -0.2) is 0 Å². The molecule has 1 saturated carbocycles. The molecule has 2 fully saturated rings. The van der Waals surface area contributed by atoms with E-state index in [0.29, 0.717) is 18.9 Å². The summed E-state index contributed by atoms with van der Waals surface area (Å²) in [6, 6.07) is 21.2. The molecule has 2 aromatic carbocycles. The summed E-state index contributed by atoms with van der Waals surface area (Å²) in [4.78, 5) is 15.0. The molecule has 0 bridgehead atoms. The van der Waals surface area contributed by atoms with Crippen molar-refractivity contribution in [2.24, 2.45) is 5.92 Å². The van der Waals surface area contributed by atoms with Crippen LogP contribution < -0.4 is 0 Å². The monoisotopic (exact) mass is 317 g/mol. The Morgan fingerprint density at radius 1 is 1.08 bits per heavy atom. The molecule has 0 unspecified atom stereocenters. The van der Waals surface area contributed by atoms with Gasteiger partial charge in [-0.15, -0.1) is 6.58 Å². The number of benzene rings is 2. The first-order valence-electron chi connectivity index (χ1n) is 8.76. The lowest BCUT2D eigenvalue weighted by Gasteiger charge is -2.35. The molecule has 3 atom stereocenters. The minimum absolute atomic E-state index is 0.0496. The highest BCUT2D eigenvalue weighted by atomic mass is 16.2. The first kappa shape index (κ1) is 15.2. The van der Waals surface area contributed by atoms with Crippen molar-refractivity contribution in [2.45, 2.75) is 37.3 Å². The van der Waals surface area contributed by atoms with Gasteiger partial charge >= 0.3 is 0 Å². The quantitative estimate of drug-likeness (QED) is 0.769. The van der Waals surface area contributed by atoms with Crippen molar-refractivity contribution < 1.29 is 4.79 Å². The predicted octanol–water partition coefficient (Wildman–Crippen LogP) is 4.32. The van der Waals surface area contributed by atoms with Gasteiger partial charge in [0.05, 0.1) is 0 Å². The summed E-state index contributed by atoms with van der Waals surface area (Å²) in [5.74, 6) is 0.652. The maximum absolute atomic E-state index is 12.9. The molecule has 1 aliphatic heterocycles. The van der Waals surface area contributed by atoms with Crippen LogP contribution in [-0.2, 0) is 16.8 Å². The Bertz CT molecular complexity index is 739. The summed E-state index contributed by atoms with van der Waals surface area (Å²) in [6.07, 6.45) is 4.86. The fourth-order valence-electron chi connectivity index (χ4n) is 4.79. The van der Waals surface area contributed by atoms with E-state index in [1.165, 1.54) is 11.1 Å². The van der Waals surface area contributed by atoms with Gasteiger partial charge in [0.1, 0.15) is 0 Å². The van der Waals surface area contributed by atoms with Crippen LogP contribution in [0.3, 0.4) is 0 Å². The van der Waals surface area contributed by atoms with E-state index in [2.05, 4.69) is 54.0 Å². The maximum Gasteiger partial charge on any atom is 0.224 e. The summed E-state index contributed by atoms with van der Waals surface area (Å²) >= 11 is 0. The summed E-state index contributed by atoms with van der Waals surface area (Å²) in [5.41, 5.74) is 2.46. The summed E-state index contributed by atoms with van der Waals surface area (Å²) in [5, 5.41) is 0. The van der Waals surface area contributed by atoms with E-state index in [1.807, 2.05) is 24.3 Å². The third-order valence-corrected chi connectivity index (χ3v) is 5.87. The molecule has 2 heteroatoms. The number of hydrogen-bond acceptors (Lipinski definition) is 1. The molecule has 4 rings (SSSR count). The second-order valence-electron chi connectivity index (χ2n) is 7.09. The smallest absolute Gasteiger partial charge is 0.224 e. The van der Waals surface area contributed by atoms with Crippen LogP contribution in [0.15, 0.2) is 73.3 Å². The lowest BCUT2D eigenvalue weighted by atomic mass is 9.74.